The number of nitrogens with zero attached hydrogens (tertiary/aromatic N) is 1. The van der Waals surface area contributed by atoms with Crippen LogP contribution in [0, 0.1) is 6.92 Å². The van der Waals surface area contributed by atoms with Crippen molar-refractivity contribution in [3.8, 4) is 0 Å². The van der Waals surface area contributed by atoms with Gasteiger partial charge in [-0.3, -0.25) is 14.5 Å². The van der Waals surface area contributed by atoms with Crippen LogP contribution in [0.5, 0.6) is 0 Å². The Labute approximate surface area is 117 Å². The zero-order chi connectivity index (χ0) is 14.0. The molecule has 0 aromatic heterocycles. The number of carbonyl (C=O) groups excluding carboxylic acids is 2. The molecule has 4 nitrogen and oxygen atoms in total. The van der Waals surface area contributed by atoms with Gasteiger partial charge in [0.2, 0.25) is 11.8 Å². The van der Waals surface area contributed by atoms with Gasteiger partial charge in [-0.2, -0.15) is 0 Å². The summed E-state index contributed by atoms with van der Waals surface area (Å²) < 4.78 is 0. The number of carbonyl (C=O) groups is 2. The number of imide groups is 1. The lowest BCUT2D eigenvalue weighted by Crippen LogP contribution is -2.31. The molecule has 0 spiro atoms. The minimum absolute atomic E-state index is 0.0640. The average molecular weight is 278 g/mol. The SMILES string of the molecule is CCCN1C(=O)CC(Sc2cccc(N)c2C)C1=O. The second-order valence-corrected chi connectivity index (χ2v) is 5.91. The van der Waals surface area contributed by atoms with Crippen molar-refractivity contribution >= 4 is 29.3 Å². The van der Waals surface area contributed by atoms with E-state index in [4.69, 9.17) is 5.73 Å². The third kappa shape index (κ3) is 2.76. The first-order valence-corrected chi connectivity index (χ1v) is 7.28. The van der Waals surface area contributed by atoms with E-state index in [1.54, 1.807) is 0 Å². The maximum absolute atomic E-state index is 12.2. The molecule has 0 radical (unpaired) electrons. The highest BCUT2D eigenvalue weighted by Gasteiger charge is 2.38. The van der Waals surface area contributed by atoms with E-state index in [2.05, 4.69) is 0 Å². The maximum Gasteiger partial charge on any atom is 0.243 e. The summed E-state index contributed by atoms with van der Waals surface area (Å²) in [5.74, 6) is -0.135. The molecule has 1 aromatic carbocycles. The summed E-state index contributed by atoms with van der Waals surface area (Å²) in [5.41, 5.74) is 7.54. The molecule has 1 heterocycles. The molecule has 0 aliphatic carbocycles. The number of rotatable bonds is 4. The first-order chi connectivity index (χ1) is 9.04. The maximum atomic E-state index is 12.2. The number of nitrogen functional groups attached to an aromatic ring is 1. The van der Waals surface area contributed by atoms with E-state index in [-0.39, 0.29) is 23.5 Å². The van der Waals surface area contributed by atoms with Gasteiger partial charge in [-0.05, 0) is 31.0 Å². The van der Waals surface area contributed by atoms with Gasteiger partial charge in [-0.25, -0.2) is 0 Å². The molecule has 1 aliphatic heterocycles. The van der Waals surface area contributed by atoms with Gasteiger partial charge in [0.05, 0.1) is 5.25 Å². The molecule has 0 saturated carbocycles. The van der Waals surface area contributed by atoms with Crippen molar-refractivity contribution in [2.24, 2.45) is 0 Å². The summed E-state index contributed by atoms with van der Waals surface area (Å²) >= 11 is 1.44. The van der Waals surface area contributed by atoms with Crippen LogP contribution in [0.4, 0.5) is 5.69 Å². The fourth-order valence-corrected chi connectivity index (χ4v) is 3.33. The second-order valence-electron chi connectivity index (χ2n) is 4.66. The molecule has 2 N–H and O–H groups in total. The number of benzene rings is 1. The van der Waals surface area contributed by atoms with Gasteiger partial charge < -0.3 is 5.73 Å². The fraction of sp³-hybridized carbons (Fsp3) is 0.429. The summed E-state index contributed by atoms with van der Waals surface area (Å²) in [7, 11) is 0. The second kappa shape index (κ2) is 5.65. The van der Waals surface area contributed by atoms with Gasteiger partial charge in [-0.15, -0.1) is 11.8 Å². The first-order valence-electron chi connectivity index (χ1n) is 6.40. The molecule has 2 rings (SSSR count). The molecule has 1 fully saturated rings. The number of nitrogens with two attached hydrogens (primary N) is 1. The Bertz CT molecular complexity index is 516. The zero-order valence-corrected chi connectivity index (χ0v) is 12.0. The lowest BCUT2D eigenvalue weighted by molar-refractivity contribution is -0.138. The number of amides is 2. The molecule has 2 amide bonds. The summed E-state index contributed by atoms with van der Waals surface area (Å²) in [4.78, 5) is 26.3. The third-order valence-electron chi connectivity index (χ3n) is 3.24. The highest BCUT2D eigenvalue weighted by Crippen LogP contribution is 2.34. The number of thioether (sulfide) groups is 1. The van der Waals surface area contributed by atoms with E-state index >= 15 is 0 Å². The Kier molecular flexibility index (Phi) is 4.14. The van der Waals surface area contributed by atoms with Gasteiger partial charge in [-0.1, -0.05) is 13.0 Å². The zero-order valence-electron chi connectivity index (χ0n) is 11.2. The highest BCUT2D eigenvalue weighted by atomic mass is 32.2. The Morgan fingerprint density at radius 1 is 1.42 bits per heavy atom. The van der Waals surface area contributed by atoms with Crippen LogP contribution >= 0.6 is 11.8 Å². The van der Waals surface area contributed by atoms with E-state index in [0.29, 0.717) is 12.2 Å². The van der Waals surface area contributed by atoms with Crippen molar-refractivity contribution in [2.75, 3.05) is 12.3 Å². The quantitative estimate of drug-likeness (QED) is 0.677. The standard InChI is InChI=1S/C14H18N2O2S/c1-3-7-16-13(17)8-12(14(16)18)19-11-6-4-5-10(15)9(11)2/h4-6,12H,3,7-8,15H2,1-2H3. The summed E-state index contributed by atoms with van der Waals surface area (Å²) in [6.07, 6.45) is 1.09. The smallest absolute Gasteiger partial charge is 0.243 e. The van der Waals surface area contributed by atoms with E-state index in [0.717, 1.165) is 16.9 Å². The van der Waals surface area contributed by atoms with Gasteiger partial charge >= 0.3 is 0 Å². The van der Waals surface area contributed by atoms with E-state index < -0.39 is 0 Å². The average Bonchev–Trinajstić information content (AvgIpc) is 2.63. The van der Waals surface area contributed by atoms with Gasteiger partial charge in [0.25, 0.3) is 0 Å². The van der Waals surface area contributed by atoms with E-state index in [1.165, 1.54) is 16.7 Å². The Morgan fingerprint density at radius 3 is 2.84 bits per heavy atom. The van der Waals surface area contributed by atoms with Crippen LogP contribution < -0.4 is 5.73 Å². The summed E-state index contributed by atoms with van der Waals surface area (Å²) in [5, 5.41) is -0.306. The fourth-order valence-electron chi connectivity index (χ4n) is 2.12. The summed E-state index contributed by atoms with van der Waals surface area (Å²) in [6, 6.07) is 5.65. The van der Waals surface area contributed by atoms with E-state index in [9.17, 15) is 9.59 Å². The van der Waals surface area contributed by atoms with Crippen molar-refractivity contribution in [1.82, 2.24) is 4.90 Å². The van der Waals surface area contributed by atoms with Crippen LogP contribution in [-0.2, 0) is 9.59 Å². The van der Waals surface area contributed by atoms with Crippen molar-refractivity contribution < 1.29 is 9.59 Å². The molecule has 1 atom stereocenters. The topological polar surface area (TPSA) is 63.4 Å². The van der Waals surface area contributed by atoms with Crippen LogP contribution in [0.15, 0.2) is 23.1 Å². The van der Waals surface area contributed by atoms with Crippen molar-refractivity contribution in [1.29, 1.82) is 0 Å². The largest absolute Gasteiger partial charge is 0.398 e. The van der Waals surface area contributed by atoms with Gasteiger partial charge in [0.1, 0.15) is 0 Å². The minimum atomic E-state index is -0.306. The molecule has 19 heavy (non-hydrogen) atoms. The normalized spacial score (nSPS) is 19.3. The van der Waals surface area contributed by atoms with Crippen LogP contribution in [0.1, 0.15) is 25.3 Å². The molecular weight excluding hydrogens is 260 g/mol. The minimum Gasteiger partial charge on any atom is -0.398 e. The van der Waals surface area contributed by atoms with Crippen molar-refractivity contribution in [3.05, 3.63) is 23.8 Å². The highest BCUT2D eigenvalue weighted by molar-refractivity contribution is 8.00. The Balaban J connectivity index is 2.14. The Morgan fingerprint density at radius 2 is 2.16 bits per heavy atom. The molecule has 1 aliphatic rings. The van der Waals surface area contributed by atoms with Crippen LogP contribution in [0.25, 0.3) is 0 Å². The molecule has 1 aromatic rings. The number of hydrogen-bond donors (Lipinski definition) is 1. The van der Waals surface area contributed by atoms with Crippen molar-refractivity contribution in [3.63, 3.8) is 0 Å². The van der Waals surface area contributed by atoms with Gasteiger partial charge in [0, 0.05) is 23.5 Å². The Hall–Kier alpha value is -1.49. The summed E-state index contributed by atoms with van der Waals surface area (Å²) in [6.45, 7) is 4.41. The predicted octanol–water partition coefficient (Wildman–Crippen LogP) is 2.21. The number of anilines is 1. The molecule has 1 unspecified atom stereocenters. The lowest BCUT2D eigenvalue weighted by Gasteiger charge is -2.14. The monoisotopic (exact) mass is 278 g/mol. The van der Waals surface area contributed by atoms with Crippen LogP contribution in [0.2, 0.25) is 0 Å². The van der Waals surface area contributed by atoms with E-state index in [1.807, 2.05) is 32.0 Å². The molecule has 102 valence electrons. The van der Waals surface area contributed by atoms with Crippen LogP contribution in [-0.4, -0.2) is 28.5 Å². The number of hydrogen-bond acceptors (Lipinski definition) is 4. The molecule has 1 saturated heterocycles. The first kappa shape index (κ1) is 13.9. The van der Waals surface area contributed by atoms with Crippen LogP contribution in [0.3, 0.4) is 0 Å². The molecular formula is C14H18N2O2S. The van der Waals surface area contributed by atoms with Gasteiger partial charge in [0.15, 0.2) is 0 Å². The predicted molar refractivity (Wildman–Crippen MR) is 76.9 cm³/mol. The molecule has 0 bridgehead atoms. The van der Waals surface area contributed by atoms with Crippen molar-refractivity contribution in [2.45, 2.75) is 36.8 Å². The number of likely N-dealkylation sites (tertiary alicyclic amines) is 1. The third-order valence-corrected chi connectivity index (χ3v) is 4.59. The lowest BCUT2D eigenvalue weighted by atomic mass is 10.2. The molecule has 5 heteroatoms.